The number of methoxy groups -OCH3 is 1. The number of rotatable bonds is 6. The van der Waals surface area contributed by atoms with Crippen LogP contribution in [0.4, 0.5) is 5.69 Å². The lowest BCUT2D eigenvalue weighted by Gasteiger charge is -2.14. The van der Waals surface area contributed by atoms with Crippen molar-refractivity contribution in [3.8, 4) is 0 Å². The van der Waals surface area contributed by atoms with E-state index >= 15 is 0 Å². The quantitative estimate of drug-likeness (QED) is 0.712. The van der Waals surface area contributed by atoms with Crippen molar-refractivity contribution in [1.29, 1.82) is 0 Å². The van der Waals surface area contributed by atoms with Crippen molar-refractivity contribution >= 4 is 17.6 Å². The first-order valence-corrected chi connectivity index (χ1v) is 5.85. The fraction of sp³-hybridized carbons (Fsp3) is 0.385. The Kier molecular flexibility index (Phi) is 5.47. The molecule has 104 valence electrons. The number of nitrogens with one attached hydrogen (secondary N) is 1. The number of carbonyl (C=O) groups excluding carboxylic acids is 1. The van der Waals surface area contributed by atoms with Crippen molar-refractivity contribution < 1.29 is 19.4 Å². The van der Waals surface area contributed by atoms with Gasteiger partial charge in [-0.3, -0.25) is 4.79 Å². The van der Waals surface area contributed by atoms with Crippen LogP contribution in [0.3, 0.4) is 0 Å². The van der Waals surface area contributed by atoms with Gasteiger partial charge in [-0.2, -0.15) is 0 Å². The van der Waals surface area contributed by atoms with Gasteiger partial charge in [0.15, 0.2) is 0 Å². The first kappa shape index (κ1) is 15.1. The molecule has 1 rings (SSSR count). The first-order valence-electron chi connectivity index (χ1n) is 5.85. The molecule has 0 aromatic heterocycles. The molecule has 0 bridgehead atoms. The largest absolute Gasteiger partial charge is 0.478 e. The summed E-state index contributed by atoms with van der Waals surface area (Å²) in [5.74, 6) is -1.51. The molecule has 0 saturated heterocycles. The van der Waals surface area contributed by atoms with E-state index in [0.717, 1.165) is 0 Å². The summed E-state index contributed by atoms with van der Waals surface area (Å²) in [4.78, 5) is 23.0. The smallest absolute Gasteiger partial charge is 0.338 e. The molecule has 6 nitrogen and oxygen atoms in total. The predicted molar refractivity (Wildman–Crippen MR) is 71.2 cm³/mol. The maximum atomic E-state index is 11.8. The summed E-state index contributed by atoms with van der Waals surface area (Å²) in [5.41, 5.74) is 6.59. The van der Waals surface area contributed by atoms with Crippen molar-refractivity contribution in [3.05, 3.63) is 29.3 Å². The lowest BCUT2D eigenvalue weighted by Crippen LogP contribution is -2.36. The van der Waals surface area contributed by atoms with E-state index in [-0.39, 0.29) is 11.3 Å². The molecule has 0 heterocycles. The highest BCUT2D eigenvalue weighted by Crippen LogP contribution is 2.19. The van der Waals surface area contributed by atoms with Crippen LogP contribution in [-0.4, -0.2) is 36.7 Å². The Morgan fingerprint density at radius 1 is 1.47 bits per heavy atom. The molecule has 0 fully saturated rings. The van der Waals surface area contributed by atoms with Crippen molar-refractivity contribution in [2.24, 2.45) is 5.73 Å². The van der Waals surface area contributed by atoms with Crippen LogP contribution < -0.4 is 11.1 Å². The number of benzene rings is 1. The van der Waals surface area contributed by atoms with Crippen molar-refractivity contribution in [2.75, 3.05) is 19.0 Å². The minimum atomic E-state index is -1.08. The van der Waals surface area contributed by atoms with E-state index in [1.165, 1.54) is 13.2 Å². The highest BCUT2D eigenvalue weighted by Gasteiger charge is 2.18. The average molecular weight is 266 g/mol. The molecule has 1 amide bonds. The molecule has 4 N–H and O–H groups in total. The normalized spacial score (nSPS) is 11.9. The fourth-order valence-electron chi connectivity index (χ4n) is 1.66. The Morgan fingerprint density at radius 3 is 2.74 bits per heavy atom. The SMILES string of the molecule is COCCC(N)C(=O)Nc1cccc(C)c1C(=O)O. The molecule has 0 aliphatic heterocycles. The van der Waals surface area contributed by atoms with E-state index in [4.69, 9.17) is 15.6 Å². The van der Waals surface area contributed by atoms with E-state index in [1.807, 2.05) is 0 Å². The topological polar surface area (TPSA) is 102 Å². The third kappa shape index (κ3) is 4.04. The molecule has 0 spiro atoms. The van der Waals surface area contributed by atoms with Gasteiger partial charge in [0, 0.05) is 13.7 Å². The number of carboxylic acid groups (broad SMARTS) is 1. The van der Waals surface area contributed by atoms with Crippen molar-refractivity contribution in [1.82, 2.24) is 0 Å². The second kappa shape index (κ2) is 6.86. The fourth-order valence-corrected chi connectivity index (χ4v) is 1.66. The van der Waals surface area contributed by atoms with Crippen molar-refractivity contribution in [3.63, 3.8) is 0 Å². The Labute approximate surface area is 111 Å². The summed E-state index contributed by atoms with van der Waals surface area (Å²) >= 11 is 0. The molecular weight excluding hydrogens is 248 g/mol. The van der Waals surface area contributed by atoms with Gasteiger partial charge in [0.1, 0.15) is 0 Å². The predicted octanol–water partition coefficient (Wildman–Crippen LogP) is 0.996. The van der Waals surface area contributed by atoms with Crippen molar-refractivity contribution in [2.45, 2.75) is 19.4 Å². The van der Waals surface area contributed by atoms with Gasteiger partial charge < -0.3 is 20.9 Å². The molecule has 1 aromatic carbocycles. The van der Waals surface area contributed by atoms with Crippen LogP contribution in [0.15, 0.2) is 18.2 Å². The molecule has 1 atom stereocenters. The zero-order valence-corrected chi connectivity index (χ0v) is 11.0. The third-order valence-electron chi connectivity index (χ3n) is 2.71. The van der Waals surface area contributed by atoms with E-state index < -0.39 is 17.9 Å². The number of hydrogen-bond acceptors (Lipinski definition) is 4. The number of aryl methyl sites for hydroxylation is 1. The van der Waals surface area contributed by atoms with Crippen LogP contribution in [0.2, 0.25) is 0 Å². The van der Waals surface area contributed by atoms with E-state index in [0.29, 0.717) is 18.6 Å². The summed E-state index contributed by atoms with van der Waals surface area (Å²) in [6, 6.07) is 4.15. The summed E-state index contributed by atoms with van der Waals surface area (Å²) in [7, 11) is 1.52. The second-order valence-electron chi connectivity index (χ2n) is 4.18. The molecule has 19 heavy (non-hydrogen) atoms. The van der Waals surface area contributed by atoms with Gasteiger partial charge in [-0.25, -0.2) is 4.79 Å². The van der Waals surface area contributed by atoms with E-state index in [1.54, 1.807) is 19.1 Å². The van der Waals surface area contributed by atoms with Gasteiger partial charge in [-0.05, 0) is 25.0 Å². The highest BCUT2D eigenvalue weighted by molar-refractivity contribution is 6.02. The van der Waals surface area contributed by atoms with Gasteiger partial charge >= 0.3 is 5.97 Å². The van der Waals surface area contributed by atoms with Crippen LogP contribution in [-0.2, 0) is 9.53 Å². The molecule has 0 aliphatic carbocycles. The second-order valence-corrected chi connectivity index (χ2v) is 4.18. The molecule has 1 aromatic rings. The first-order chi connectivity index (χ1) is 8.97. The minimum Gasteiger partial charge on any atom is -0.478 e. The maximum absolute atomic E-state index is 11.8. The molecule has 0 radical (unpaired) electrons. The van der Waals surface area contributed by atoms with Gasteiger partial charge in [0.25, 0.3) is 0 Å². The van der Waals surface area contributed by atoms with Gasteiger partial charge in [0.05, 0.1) is 17.3 Å². The molecular formula is C13H18N2O4. The number of amides is 1. The molecule has 6 heteroatoms. The molecule has 0 aliphatic rings. The Balaban J connectivity index is 2.85. The number of carboxylic acids is 1. The summed E-state index contributed by atoms with van der Waals surface area (Å²) in [5, 5.41) is 11.7. The maximum Gasteiger partial charge on any atom is 0.338 e. The zero-order chi connectivity index (χ0) is 14.4. The Hall–Kier alpha value is -1.92. The summed E-state index contributed by atoms with van der Waals surface area (Å²) in [6.07, 6.45) is 0.372. The monoisotopic (exact) mass is 266 g/mol. The van der Waals surface area contributed by atoms with Gasteiger partial charge in [-0.15, -0.1) is 0 Å². The number of carbonyl (C=O) groups is 2. The van der Waals surface area contributed by atoms with Crippen LogP contribution in [0.1, 0.15) is 22.3 Å². The Morgan fingerprint density at radius 2 is 2.16 bits per heavy atom. The van der Waals surface area contributed by atoms with Crippen LogP contribution in [0.25, 0.3) is 0 Å². The van der Waals surface area contributed by atoms with E-state index in [9.17, 15) is 9.59 Å². The van der Waals surface area contributed by atoms with Gasteiger partial charge in [0.2, 0.25) is 5.91 Å². The standard InChI is InChI=1S/C13H18N2O4/c1-8-4-3-5-10(11(8)13(17)18)15-12(16)9(14)6-7-19-2/h3-5,9H,6-7,14H2,1-2H3,(H,15,16)(H,17,18). The van der Waals surface area contributed by atoms with Gasteiger partial charge in [-0.1, -0.05) is 12.1 Å². The third-order valence-corrected chi connectivity index (χ3v) is 2.71. The number of hydrogen-bond donors (Lipinski definition) is 3. The number of ether oxygens (including phenoxy) is 1. The van der Waals surface area contributed by atoms with Crippen LogP contribution in [0.5, 0.6) is 0 Å². The number of nitrogens with two attached hydrogens (primary N) is 1. The zero-order valence-electron chi connectivity index (χ0n) is 11.0. The molecule has 0 saturated carbocycles. The number of aromatic carboxylic acids is 1. The average Bonchev–Trinajstić information content (AvgIpc) is 2.35. The Bertz CT molecular complexity index is 474. The van der Waals surface area contributed by atoms with Crippen LogP contribution >= 0.6 is 0 Å². The lowest BCUT2D eigenvalue weighted by molar-refractivity contribution is -0.117. The summed E-state index contributed by atoms with van der Waals surface area (Å²) < 4.78 is 4.84. The van der Waals surface area contributed by atoms with Crippen LogP contribution in [0, 0.1) is 6.92 Å². The summed E-state index contributed by atoms with van der Waals surface area (Å²) in [6.45, 7) is 2.04. The number of anilines is 1. The molecule has 1 unspecified atom stereocenters. The minimum absolute atomic E-state index is 0.0785. The highest BCUT2D eigenvalue weighted by atomic mass is 16.5. The lowest BCUT2D eigenvalue weighted by atomic mass is 10.1. The van der Waals surface area contributed by atoms with E-state index in [2.05, 4.69) is 5.32 Å².